The van der Waals surface area contributed by atoms with Crippen LogP contribution in [-0.2, 0) is 14.8 Å². The third-order valence-corrected chi connectivity index (χ3v) is 8.17. The van der Waals surface area contributed by atoms with E-state index in [1.165, 1.54) is 33.8 Å². The van der Waals surface area contributed by atoms with Crippen molar-refractivity contribution in [1.82, 2.24) is 14.5 Å². The molecule has 1 aliphatic heterocycles. The minimum absolute atomic E-state index is 0.0575. The van der Waals surface area contributed by atoms with Crippen LogP contribution in [0.5, 0.6) is 0 Å². The van der Waals surface area contributed by atoms with Crippen molar-refractivity contribution in [2.24, 2.45) is 0 Å². The van der Waals surface area contributed by atoms with Gasteiger partial charge in [-0.2, -0.15) is 4.31 Å². The van der Waals surface area contributed by atoms with Gasteiger partial charge in [-0.05, 0) is 31.0 Å². The summed E-state index contributed by atoms with van der Waals surface area (Å²) in [6, 6.07) is 12.8. The molecule has 3 aromatic rings. The number of hydrogen-bond donors (Lipinski definition) is 1. The highest BCUT2D eigenvalue weighted by atomic mass is 35.5. The van der Waals surface area contributed by atoms with Gasteiger partial charge in [0.25, 0.3) is 0 Å². The number of anilines is 1. The van der Waals surface area contributed by atoms with Gasteiger partial charge in [0.15, 0.2) is 0 Å². The van der Waals surface area contributed by atoms with E-state index >= 15 is 0 Å². The van der Waals surface area contributed by atoms with Gasteiger partial charge in [0.2, 0.25) is 21.1 Å². The average Bonchev–Trinajstić information content (AvgIpc) is 3.40. The van der Waals surface area contributed by atoms with Crippen molar-refractivity contribution in [1.29, 1.82) is 0 Å². The van der Waals surface area contributed by atoms with Crippen molar-refractivity contribution in [3.63, 3.8) is 0 Å². The zero-order valence-electron chi connectivity index (χ0n) is 15.5. The SMILES string of the molecule is O=C(Nc1nnc(-c2ccccc2)s1)C1CCCN1S(=O)(=O)c1cc(Cl)ccc1Cl. The second kappa shape index (κ2) is 8.60. The van der Waals surface area contributed by atoms with Gasteiger partial charge in [0.1, 0.15) is 15.9 Å². The minimum atomic E-state index is -3.99. The summed E-state index contributed by atoms with van der Waals surface area (Å²) >= 11 is 13.3. The number of sulfonamides is 1. The van der Waals surface area contributed by atoms with Gasteiger partial charge in [0.05, 0.1) is 5.02 Å². The molecule has 2 aromatic carbocycles. The first-order chi connectivity index (χ1) is 14.4. The van der Waals surface area contributed by atoms with Gasteiger partial charge < -0.3 is 0 Å². The summed E-state index contributed by atoms with van der Waals surface area (Å²) in [6.07, 6.45) is 0.953. The first-order valence-corrected chi connectivity index (χ1v) is 12.0. The number of nitrogens with one attached hydrogen (secondary N) is 1. The molecule has 4 rings (SSSR count). The van der Waals surface area contributed by atoms with Crippen LogP contribution in [0.3, 0.4) is 0 Å². The van der Waals surface area contributed by atoms with Crippen molar-refractivity contribution in [3.8, 4) is 10.6 Å². The van der Waals surface area contributed by atoms with Crippen LogP contribution in [0, 0.1) is 0 Å². The largest absolute Gasteiger partial charge is 0.299 e. The summed E-state index contributed by atoms with van der Waals surface area (Å²) in [4.78, 5) is 12.8. The van der Waals surface area contributed by atoms with Crippen LogP contribution < -0.4 is 5.32 Å². The van der Waals surface area contributed by atoms with E-state index in [0.717, 1.165) is 5.56 Å². The topological polar surface area (TPSA) is 92.3 Å². The zero-order chi connectivity index (χ0) is 21.3. The molecule has 7 nitrogen and oxygen atoms in total. The van der Waals surface area contributed by atoms with Crippen LogP contribution in [0.4, 0.5) is 5.13 Å². The Hall–Kier alpha value is -2.04. The second-order valence-electron chi connectivity index (χ2n) is 6.62. The van der Waals surface area contributed by atoms with Crippen LogP contribution in [0.15, 0.2) is 53.4 Å². The number of nitrogens with zero attached hydrogens (tertiary/aromatic N) is 3. The van der Waals surface area contributed by atoms with Gasteiger partial charge in [0, 0.05) is 17.1 Å². The van der Waals surface area contributed by atoms with Crippen molar-refractivity contribution < 1.29 is 13.2 Å². The number of carbonyl (C=O) groups excluding carboxylic acids is 1. The molecule has 1 aromatic heterocycles. The molecule has 1 amide bonds. The predicted molar refractivity (Wildman–Crippen MR) is 117 cm³/mol. The van der Waals surface area contributed by atoms with E-state index in [4.69, 9.17) is 23.2 Å². The summed E-state index contributed by atoms with van der Waals surface area (Å²) < 4.78 is 27.4. The van der Waals surface area contributed by atoms with Crippen LogP contribution in [-0.4, -0.2) is 41.4 Å². The van der Waals surface area contributed by atoms with Crippen LogP contribution in [0.1, 0.15) is 12.8 Å². The number of halogens is 2. The van der Waals surface area contributed by atoms with E-state index in [1.807, 2.05) is 30.3 Å². The van der Waals surface area contributed by atoms with Crippen molar-refractivity contribution >= 4 is 55.6 Å². The summed E-state index contributed by atoms with van der Waals surface area (Å²) in [7, 11) is -3.99. The van der Waals surface area contributed by atoms with Crippen molar-refractivity contribution in [2.75, 3.05) is 11.9 Å². The second-order valence-corrected chi connectivity index (χ2v) is 10.3. The molecular weight excluding hydrogens is 467 g/mol. The average molecular weight is 483 g/mol. The Bertz CT molecular complexity index is 1190. The lowest BCUT2D eigenvalue weighted by atomic mass is 10.2. The number of aromatic nitrogens is 2. The third kappa shape index (κ3) is 4.21. The lowest BCUT2D eigenvalue weighted by molar-refractivity contribution is -0.119. The highest BCUT2D eigenvalue weighted by Crippen LogP contribution is 2.33. The molecule has 156 valence electrons. The van der Waals surface area contributed by atoms with Gasteiger partial charge in [-0.1, -0.05) is 64.9 Å². The Morgan fingerprint density at radius 1 is 1.13 bits per heavy atom. The van der Waals surface area contributed by atoms with Crippen molar-refractivity contribution in [2.45, 2.75) is 23.8 Å². The highest BCUT2D eigenvalue weighted by molar-refractivity contribution is 7.89. The molecule has 0 spiro atoms. The summed E-state index contributed by atoms with van der Waals surface area (Å²) in [5.74, 6) is -0.454. The van der Waals surface area contributed by atoms with Crippen molar-refractivity contribution in [3.05, 3.63) is 58.6 Å². The van der Waals surface area contributed by atoms with Gasteiger partial charge in [-0.3, -0.25) is 10.1 Å². The molecule has 1 unspecified atom stereocenters. The molecule has 2 heterocycles. The molecule has 30 heavy (non-hydrogen) atoms. The maximum Gasteiger partial charge on any atom is 0.245 e. The minimum Gasteiger partial charge on any atom is -0.299 e. The number of amides is 1. The monoisotopic (exact) mass is 482 g/mol. The first-order valence-electron chi connectivity index (χ1n) is 9.03. The van der Waals surface area contributed by atoms with Gasteiger partial charge in [-0.15, -0.1) is 10.2 Å². The lowest BCUT2D eigenvalue weighted by Gasteiger charge is -2.23. The first kappa shape index (κ1) is 21.2. The highest BCUT2D eigenvalue weighted by Gasteiger charge is 2.40. The third-order valence-electron chi connectivity index (χ3n) is 4.66. The molecule has 1 aliphatic rings. The standard InChI is InChI=1S/C19H16Cl2N4O3S2/c20-13-8-9-14(21)16(11-13)30(27,28)25-10-4-7-15(25)17(26)22-19-24-23-18(29-19)12-5-2-1-3-6-12/h1-3,5-6,8-9,11,15H,4,7,10H2,(H,22,24,26). The molecule has 0 radical (unpaired) electrons. The molecule has 0 bridgehead atoms. The van der Waals surface area contributed by atoms with Gasteiger partial charge >= 0.3 is 0 Å². The van der Waals surface area contributed by atoms with E-state index in [0.29, 0.717) is 23.0 Å². The molecule has 0 aliphatic carbocycles. The van der Waals surface area contributed by atoms with Gasteiger partial charge in [-0.25, -0.2) is 8.42 Å². The smallest absolute Gasteiger partial charge is 0.245 e. The Balaban J connectivity index is 1.54. The molecular formula is C19H16Cl2N4O3S2. The van der Waals surface area contributed by atoms with E-state index in [2.05, 4.69) is 15.5 Å². The quantitative estimate of drug-likeness (QED) is 0.584. The molecule has 1 atom stereocenters. The Morgan fingerprint density at radius 3 is 2.67 bits per heavy atom. The summed E-state index contributed by atoms with van der Waals surface area (Å²) in [5.41, 5.74) is 0.885. The maximum absolute atomic E-state index is 13.1. The fourth-order valence-electron chi connectivity index (χ4n) is 3.25. The molecule has 0 saturated carbocycles. The molecule has 1 N–H and O–H groups in total. The van der Waals surface area contributed by atoms with E-state index in [9.17, 15) is 13.2 Å². The fourth-order valence-corrected chi connectivity index (χ4v) is 6.40. The van der Waals surface area contributed by atoms with E-state index < -0.39 is 22.0 Å². The normalized spacial score (nSPS) is 17.2. The van der Waals surface area contributed by atoms with Crippen LogP contribution >= 0.6 is 34.5 Å². The predicted octanol–water partition coefficient (Wildman–Crippen LogP) is 4.30. The molecule has 1 fully saturated rings. The Morgan fingerprint density at radius 2 is 1.90 bits per heavy atom. The van der Waals surface area contributed by atoms with Crippen LogP contribution in [0.2, 0.25) is 10.0 Å². The van der Waals surface area contributed by atoms with E-state index in [-0.39, 0.29) is 21.5 Å². The number of carbonyl (C=O) groups is 1. The lowest BCUT2D eigenvalue weighted by Crippen LogP contribution is -2.43. The Labute approximate surface area is 187 Å². The maximum atomic E-state index is 13.1. The molecule has 1 saturated heterocycles. The number of rotatable bonds is 5. The number of benzene rings is 2. The fraction of sp³-hybridized carbons (Fsp3) is 0.211. The zero-order valence-corrected chi connectivity index (χ0v) is 18.6. The van der Waals surface area contributed by atoms with E-state index in [1.54, 1.807) is 0 Å². The molecule has 11 heteroatoms. The summed E-state index contributed by atoms with van der Waals surface area (Å²) in [5, 5.41) is 12.1. The summed E-state index contributed by atoms with van der Waals surface area (Å²) in [6.45, 7) is 0.217. The van der Waals surface area contributed by atoms with Crippen LogP contribution in [0.25, 0.3) is 10.6 Å². The number of hydrogen-bond acceptors (Lipinski definition) is 6. The Kier molecular flexibility index (Phi) is 6.08.